The van der Waals surface area contributed by atoms with Crippen LogP contribution in [-0.2, 0) is 22.4 Å². The summed E-state index contributed by atoms with van der Waals surface area (Å²) < 4.78 is 0. The second-order valence-electron chi connectivity index (χ2n) is 10.9. The molecule has 12 nitrogen and oxygen atoms in total. The summed E-state index contributed by atoms with van der Waals surface area (Å²) in [5.74, 6) is -0.793. The van der Waals surface area contributed by atoms with E-state index in [-0.39, 0.29) is 24.7 Å². The number of benzene rings is 1. The average Bonchev–Trinajstić information content (AvgIpc) is 3.54. The molecule has 0 saturated heterocycles. The standard InChI is InChI=1S/C26H34Cl2N8O4/c1-5-13(4)20(31-25(39)40)23(37)32-26(24(38)30-19(8-12(2)3)22-33-35-36-34-22)7-6-18-16(11-26)15-9-14(27)10-17(28)21(15)29-18/h9-10,12-13,19-20,29,31H,5-8,11H2,1-4H3,(H,30,38)(H,32,37)(H,39,40)(H,33,34,35,36)/t13?,19-,20-,26+/m0/s1. The van der Waals surface area contributed by atoms with E-state index in [1.54, 1.807) is 19.1 Å². The van der Waals surface area contributed by atoms with Crippen molar-refractivity contribution in [3.8, 4) is 0 Å². The van der Waals surface area contributed by atoms with Crippen molar-refractivity contribution in [1.82, 2.24) is 41.6 Å². The van der Waals surface area contributed by atoms with Crippen molar-refractivity contribution in [2.45, 2.75) is 77.4 Å². The van der Waals surface area contributed by atoms with Gasteiger partial charge in [-0.3, -0.25) is 9.59 Å². The van der Waals surface area contributed by atoms with Crippen molar-refractivity contribution in [2.24, 2.45) is 11.8 Å². The van der Waals surface area contributed by atoms with Crippen molar-refractivity contribution in [3.63, 3.8) is 0 Å². The highest BCUT2D eigenvalue weighted by Crippen LogP contribution is 2.38. The van der Waals surface area contributed by atoms with Crippen LogP contribution in [0.1, 0.15) is 70.1 Å². The number of aromatic nitrogens is 5. The highest BCUT2D eigenvalue weighted by molar-refractivity contribution is 6.38. The Kier molecular flexibility index (Phi) is 8.89. The molecule has 216 valence electrons. The van der Waals surface area contributed by atoms with Gasteiger partial charge in [-0.15, -0.1) is 10.2 Å². The lowest BCUT2D eigenvalue weighted by molar-refractivity contribution is -0.136. The summed E-state index contributed by atoms with van der Waals surface area (Å²) in [4.78, 5) is 42.8. The number of hydrogen-bond acceptors (Lipinski definition) is 6. The lowest BCUT2D eigenvalue weighted by Crippen LogP contribution is -2.65. The monoisotopic (exact) mass is 592 g/mol. The van der Waals surface area contributed by atoms with Gasteiger partial charge < -0.3 is 26.0 Å². The SMILES string of the molecule is CCC(C)[C@H](NC(=O)O)C(=O)N[C@]1(C(=O)N[C@@H](CC(C)C)c2nn[nH]n2)CCc2[nH]c3c(Cl)cc(Cl)cc3c2C1. The molecule has 1 aliphatic carbocycles. The Morgan fingerprint density at radius 2 is 1.93 bits per heavy atom. The summed E-state index contributed by atoms with van der Waals surface area (Å²) in [6.45, 7) is 7.67. The van der Waals surface area contributed by atoms with Crippen LogP contribution in [0.15, 0.2) is 12.1 Å². The normalized spacial score (nSPS) is 19.1. The molecule has 6 N–H and O–H groups in total. The number of aromatic amines is 2. The molecular weight excluding hydrogens is 559 g/mol. The number of rotatable bonds is 10. The van der Waals surface area contributed by atoms with Gasteiger partial charge in [0.25, 0.3) is 0 Å². The number of carbonyl (C=O) groups excluding carboxylic acids is 2. The van der Waals surface area contributed by atoms with Crippen molar-refractivity contribution in [3.05, 3.63) is 39.3 Å². The third-order valence-electron chi connectivity index (χ3n) is 7.56. The van der Waals surface area contributed by atoms with E-state index in [0.717, 1.165) is 16.6 Å². The van der Waals surface area contributed by atoms with Crippen LogP contribution in [0, 0.1) is 11.8 Å². The molecule has 2 heterocycles. The van der Waals surface area contributed by atoms with Gasteiger partial charge in [-0.1, -0.05) is 62.5 Å². The number of aryl methyl sites for hydroxylation is 1. The smallest absolute Gasteiger partial charge is 0.405 e. The molecule has 40 heavy (non-hydrogen) atoms. The lowest BCUT2D eigenvalue weighted by Gasteiger charge is -2.39. The van der Waals surface area contributed by atoms with Gasteiger partial charge in [0, 0.05) is 22.5 Å². The van der Waals surface area contributed by atoms with E-state index in [9.17, 15) is 19.5 Å². The summed E-state index contributed by atoms with van der Waals surface area (Å²) in [7, 11) is 0. The summed E-state index contributed by atoms with van der Waals surface area (Å²) in [5, 5.41) is 33.6. The maximum absolute atomic E-state index is 14.2. The third kappa shape index (κ3) is 6.17. The minimum absolute atomic E-state index is 0.136. The first kappa shape index (κ1) is 29.6. The van der Waals surface area contributed by atoms with Gasteiger partial charge in [-0.25, -0.2) is 4.79 Å². The number of halogens is 2. The molecule has 0 fully saturated rings. The number of carbonyl (C=O) groups is 3. The Balaban J connectivity index is 1.75. The highest BCUT2D eigenvalue weighted by Gasteiger charge is 2.46. The highest BCUT2D eigenvalue weighted by atomic mass is 35.5. The Labute approximate surface area is 241 Å². The van der Waals surface area contributed by atoms with Crippen LogP contribution in [0.4, 0.5) is 4.79 Å². The molecule has 4 rings (SSSR count). The Morgan fingerprint density at radius 3 is 2.55 bits per heavy atom. The van der Waals surface area contributed by atoms with Gasteiger partial charge in [0.2, 0.25) is 11.8 Å². The van der Waals surface area contributed by atoms with Crippen LogP contribution in [-0.4, -0.2) is 60.2 Å². The van der Waals surface area contributed by atoms with Crippen LogP contribution >= 0.6 is 23.2 Å². The van der Waals surface area contributed by atoms with Gasteiger partial charge in [-0.2, -0.15) is 5.21 Å². The number of fused-ring (bicyclic) bond motifs is 3. The summed E-state index contributed by atoms with van der Waals surface area (Å²) in [6.07, 6.45) is 0.599. The van der Waals surface area contributed by atoms with Gasteiger partial charge in [0.05, 0.1) is 16.6 Å². The Hall–Kier alpha value is -3.38. The Bertz CT molecular complexity index is 1390. The summed E-state index contributed by atoms with van der Waals surface area (Å²) in [6, 6.07) is 1.81. The van der Waals surface area contributed by atoms with Crippen LogP contribution in [0.5, 0.6) is 0 Å². The van der Waals surface area contributed by atoms with E-state index in [0.29, 0.717) is 40.6 Å². The van der Waals surface area contributed by atoms with Crippen molar-refractivity contribution >= 4 is 52.0 Å². The summed E-state index contributed by atoms with van der Waals surface area (Å²) in [5.41, 5.74) is 1.01. The van der Waals surface area contributed by atoms with Gasteiger partial charge in [0.15, 0.2) is 5.82 Å². The van der Waals surface area contributed by atoms with E-state index in [1.807, 2.05) is 20.8 Å². The topological polar surface area (TPSA) is 178 Å². The zero-order chi connectivity index (χ0) is 29.2. The van der Waals surface area contributed by atoms with Gasteiger partial charge in [-0.05, 0) is 48.8 Å². The molecule has 0 bridgehead atoms. The zero-order valence-electron chi connectivity index (χ0n) is 22.8. The first-order valence-corrected chi connectivity index (χ1v) is 14.0. The number of carboxylic acid groups (broad SMARTS) is 1. The number of amides is 3. The van der Waals surface area contributed by atoms with Crippen molar-refractivity contribution in [1.29, 1.82) is 0 Å². The Morgan fingerprint density at radius 1 is 1.18 bits per heavy atom. The fraction of sp³-hybridized carbons (Fsp3) is 0.538. The number of hydrogen-bond donors (Lipinski definition) is 6. The predicted molar refractivity (Wildman–Crippen MR) is 150 cm³/mol. The van der Waals surface area contributed by atoms with Crippen molar-refractivity contribution in [2.75, 3.05) is 0 Å². The molecule has 1 unspecified atom stereocenters. The molecule has 0 saturated carbocycles. The molecule has 2 aromatic heterocycles. The van der Waals surface area contributed by atoms with Crippen LogP contribution in [0.3, 0.4) is 0 Å². The van der Waals surface area contributed by atoms with Gasteiger partial charge >= 0.3 is 6.09 Å². The maximum Gasteiger partial charge on any atom is 0.405 e. The minimum atomic E-state index is -1.40. The molecule has 3 amide bonds. The molecule has 0 radical (unpaired) electrons. The van der Waals surface area contributed by atoms with E-state index in [2.05, 4.69) is 41.6 Å². The number of tetrazole rings is 1. The third-order valence-corrected chi connectivity index (χ3v) is 8.07. The van der Waals surface area contributed by atoms with E-state index < -0.39 is 35.5 Å². The average molecular weight is 594 g/mol. The number of H-pyrrole nitrogens is 2. The fourth-order valence-corrected chi connectivity index (χ4v) is 5.83. The second kappa shape index (κ2) is 12.0. The molecule has 4 atom stereocenters. The van der Waals surface area contributed by atoms with E-state index in [1.165, 1.54) is 0 Å². The first-order valence-electron chi connectivity index (χ1n) is 13.3. The van der Waals surface area contributed by atoms with E-state index in [4.69, 9.17) is 23.2 Å². The molecule has 3 aromatic rings. The molecule has 1 aliphatic rings. The quantitative estimate of drug-likeness (QED) is 0.206. The maximum atomic E-state index is 14.2. The van der Waals surface area contributed by atoms with Crippen LogP contribution < -0.4 is 16.0 Å². The lowest BCUT2D eigenvalue weighted by atomic mass is 9.78. The van der Waals surface area contributed by atoms with Crippen LogP contribution in [0.25, 0.3) is 10.9 Å². The zero-order valence-corrected chi connectivity index (χ0v) is 24.3. The molecular formula is C26H34Cl2N8O4. The number of nitrogens with zero attached hydrogens (tertiary/aromatic N) is 3. The van der Waals surface area contributed by atoms with Crippen molar-refractivity contribution < 1.29 is 19.5 Å². The predicted octanol–water partition coefficient (Wildman–Crippen LogP) is 3.92. The largest absolute Gasteiger partial charge is 0.465 e. The summed E-state index contributed by atoms with van der Waals surface area (Å²) >= 11 is 12.8. The molecule has 1 aromatic carbocycles. The minimum Gasteiger partial charge on any atom is -0.465 e. The van der Waals surface area contributed by atoms with E-state index >= 15 is 0 Å². The molecule has 0 aliphatic heterocycles. The second-order valence-corrected chi connectivity index (χ2v) is 11.7. The first-order chi connectivity index (χ1) is 18.9. The fourth-order valence-electron chi connectivity index (χ4n) is 5.29. The number of nitrogens with one attached hydrogen (secondary N) is 5. The molecule has 0 spiro atoms. The molecule has 14 heteroatoms. The van der Waals surface area contributed by atoms with Gasteiger partial charge in [0.1, 0.15) is 11.6 Å². The van der Waals surface area contributed by atoms with Crippen LogP contribution in [0.2, 0.25) is 10.0 Å².